The summed E-state index contributed by atoms with van der Waals surface area (Å²) in [7, 11) is 3.24. The third-order valence-electron chi connectivity index (χ3n) is 4.19. The first-order chi connectivity index (χ1) is 13.9. The molecule has 3 heterocycles. The molecule has 10 heteroatoms. The van der Waals surface area contributed by atoms with E-state index in [0.29, 0.717) is 28.4 Å². The predicted octanol–water partition coefficient (Wildman–Crippen LogP) is 3.92. The Morgan fingerprint density at radius 2 is 2.00 bits per heavy atom. The van der Waals surface area contributed by atoms with E-state index in [1.165, 1.54) is 22.9 Å². The Balaban J connectivity index is 1.67. The zero-order valence-electron chi connectivity index (χ0n) is 15.9. The Kier molecular flexibility index (Phi) is 4.89. The number of rotatable bonds is 5. The minimum absolute atomic E-state index is 0.205. The SMILES string of the molecule is COc1nc(-c2nc(Nc3cc(Cl)ccc3F)n(C)n2)ccc1-n1cnc(C)c1. The van der Waals surface area contributed by atoms with Crippen LogP contribution in [0, 0.1) is 12.7 Å². The van der Waals surface area contributed by atoms with Crippen molar-refractivity contribution in [1.29, 1.82) is 0 Å². The quantitative estimate of drug-likeness (QED) is 0.534. The van der Waals surface area contributed by atoms with Gasteiger partial charge in [-0.3, -0.25) is 0 Å². The third kappa shape index (κ3) is 3.77. The number of imidazole rings is 1. The van der Waals surface area contributed by atoms with E-state index in [0.717, 1.165) is 11.4 Å². The number of methoxy groups -OCH3 is 1. The molecule has 0 saturated carbocycles. The van der Waals surface area contributed by atoms with E-state index in [2.05, 4.69) is 25.4 Å². The van der Waals surface area contributed by atoms with Gasteiger partial charge in [0.1, 0.15) is 17.2 Å². The van der Waals surface area contributed by atoms with Crippen molar-refractivity contribution >= 4 is 23.2 Å². The molecule has 0 aliphatic carbocycles. The van der Waals surface area contributed by atoms with Crippen molar-refractivity contribution in [2.45, 2.75) is 6.92 Å². The second-order valence-electron chi connectivity index (χ2n) is 6.28. The van der Waals surface area contributed by atoms with Crippen LogP contribution in [-0.2, 0) is 7.05 Å². The summed E-state index contributed by atoms with van der Waals surface area (Å²) in [6.45, 7) is 1.90. The number of ether oxygens (including phenoxy) is 1. The zero-order valence-corrected chi connectivity index (χ0v) is 16.6. The number of hydrogen-bond donors (Lipinski definition) is 1. The Labute approximate surface area is 171 Å². The molecule has 0 bridgehead atoms. The molecule has 0 aliphatic rings. The number of anilines is 2. The molecule has 0 radical (unpaired) electrons. The summed E-state index contributed by atoms with van der Waals surface area (Å²) < 4.78 is 22.8. The summed E-state index contributed by atoms with van der Waals surface area (Å²) in [6, 6.07) is 7.87. The monoisotopic (exact) mass is 413 g/mol. The highest BCUT2D eigenvalue weighted by Crippen LogP contribution is 2.27. The lowest BCUT2D eigenvalue weighted by atomic mass is 10.3. The molecule has 0 atom stereocenters. The molecule has 0 saturated heterocycles. The van der Waals surface area contributed by atoms with Gasteiger partial charge in [-0.15, -0.1) is 5.10 Å². The summed E-state index contributed by atoms with van der Waals surface area (Å²) in [5.41, 5.74) is 2.34. The van der Waals surface area contributed by atoms with E-state index >= 15 is 0 Å². The second kappa shape index (κ2) is 7.51. The number of nitrogens with zero attached hydrogens (tertiary/aromatic N) is 6. The lowest BCUT2D eigenvalue weighted by Gasteiger charge is -2.08. The minimum atomic E-state index is -0.446. The first kappa shape index (κ1) is 18.9. The highest BCUT2D eigenvalue weighted by Gasteiger charge is 2.16. The first-order valence-corrected chi connectivity index (χ1v) is 9.02. The fraction of sp³-hybridized carbons (Fsp3) is 0.158. The van der Waals surface area contributed by atoms with Crippen LogP contribution in [0.2, 0.25) is 5.02 Å². The van der Waals surface area contributed by atoms with Crippen LogP contribution >= 0.6 is 11.6 Å². The van der Waals surface area contributed by atoms with Gasteiger partial charge in [-0.05, 0) is 37.3 Å². The number of aromatic nitrogens is 6. The molecule has 148 valence electrons. The van der Waals surface area contributed by atoms with Gasteiger partial charge in [0.2, 0.25) is 17.7 Å². The Bertz CT molecular complexity index is 1190. The second-order valence-corrected chi connectivity index (χ2v) is 6.72. The summed E-state index contributed by atoms with van der Waals surface area (Å²) in [4.78, 5) is 13.2. The molecule has 1 aromatic carbocycles. The van der Waals surface area contributed by atoms with Crippen molar-refractivity contribution in [1.82, 2.24) is 29.3 Å². The lowest BCUT2D eigenvalue weighted by molar-refractivity contribution is 0.396. The van der Waals surface area contributed by atoms with E-state index in [9.17, 15) is 4.39 Å². The molecular weight excluding hydrogens is 397 g/mol. The topological polar surface area (TPSA) is 82.7 Å². The molecule has 4 rings (SSSR count). The molecule has 8 nitrogen and oxygen atoms in total. The molecule has 0 spiro atoms. The molecule has 0 unspecified atom stereocenters. The fourth-order valence-electron chi connectivity index (χ4n) is 2.77. The Hall–Kier alpha value is -3.46. The van der Waals surface area contributed by atoms with Crippen LogP contribution in [0.4, 0.5) is 16.0 Å². The van der Waals surface area contributed by atoms with Crippen molar-refractivity contribution in [3.63, 3.8) is 0 Å². The van der Waals surface area contributed by atoms with E-state index in [1.54, 1.807) is 26.6 Å². The Morgan fingerprint density at radius 1 is 1.17 bits per heavy atom. The van der Waals surface area contributed by atoms with E-state index in [-0.39, 0.29) is 5.69 Å². The van der Waals surface area contributed by atoms with Crippen molar-refractivity contribution < 1.29 is 9.13 Å². The van der Waals surface area contributed by atoms with Gasteiger partial charge < -0.3 is 14.6 Å². The average molecular weight is 414 g/mol. The minimum Gasteiger partial charge on any atom is -0.479 e. The van der Waals surface area contributed by atoms with Crippen molar-refractivity contribution in [3.05, 3.63) is 59.4 Å². The van der Waals surface area contributed by atoms with Gasteiger partial charge in [-0.25, -0.2) is 19.0 Å². The molecule has 0 aliphatic heterocycles. The highest BCUT2D eigenvalue weighted by atomic mass is 35.5. The van der Waals surface area contributed by atoms with Gasteiger partial charge in [0, 0.05) is 18.3 Å². The van der Waals surface area contributed by atoms with Crippen LogP contribution in [-0.4, -0.2) is 36.4 Å². The smallest absolute Gasteiger partial charge is 0.238 e. The number of pyridine rings is 1. The maximum absolute atomic E-state index is 14.0. The number of nitrogens with one attached hydrogen (secondary N) is 1. The van der Waals surface area contributed by atoms with Crippen LogP contribution in [0.25, 0.3) is 17.2 Å². The first-order valence-electron chi connectivity index (χ1n) is 8.64. The molecule has 4 aromatic rings. The van der Waals surface area contributed by atoms with Crippen molar-refractivity contribution in [2.24, 2.45) is 7.05 Å². The number of benzene rings is 1. The van der Waals surface area contributed by atoms with Crippen LogP contribution in [0.1, 0.15) is 5.69 Å². The van der Waals surface area contributed by atoms with Gasteiger partial charge in [0.15, 0.2) is 0 Å². The molecule has 0 amide bonds. The molecule has 0 fully saturated rings. The normalized spacial score (nSPS) is 10.9. The maximum atomic E-state index is 14.0. The largest absolute Gasteiger partial charge is 0.479 e. The number of halogens is 2. The van der Waals surface area contributed by atoms with Gasteiger partial charge in [-0.2, -0.15) is 4.98 Å². The lowest BCUT2D eigenvalue weighted by Crippen LogP contribution is -2.01. The molecule has 29 heavy (non-hydrogen) atoms. The molecule has 1 N–H and O–H groups in total. The number of hydrogen-bond acceptors (Lipinski definition) is 6. The van der Waals surface area contributed by atoms with Crippen LogP contribution < -0.4 is 10.1 Å². The van der Waals surface area contributed by atoms with E-state index in [1.807, 2.05) is 23.8 Å². The predicted molar refractivity (Wildman–Crippen MR) is 107 cm³/mol. The molecule has 3 aromatic heterocycles. The average Bonchev–Trinajstić information content (AvgIpc) is 3.30. The van der Waals surface area contributed by atoms with Crippen LogP contribution in [0.3, 0.4) is 0 Å². The zero-order chi connectivity index (χ0) is 20.5. The van der Waals surface area contributed by atoms with Gasteiger partial charge in [0.05, 0.1) is 24.8 Å². The van der Waals surface area contributed by atoms with Crippen molar-refractivity contribution in [2.75, 3.05) is 12.4 Å². The third-order valence-corrected chi connectivity index (χ3v) is 4.43. The van der Waals surface area contributed by atoms with Crippen LogP contribution in [0.15, 0.2) is 42.9 Å². The highest BCUT2D eigenvalue weighted by molar-refractivity contribution is 6.30. The molecular formula is C19H17ClFN7O. The summed E-state index contributed by atoms with van der Waals surface area (Å²) >= 11 is 5.94. The van der Waals surface area contributed by atoms with E-state index in [4.69, 9.17) is 16.3 Å². The van der Waals surface area contributed by atoms with Gasteiger partial charge >= 0.3 is 0 Å². The Morgan fingerprint density at radius 3 is 2.72 bits per heavy atom. The standard InChI is InChI=1S/C19H17ClFN7O/c1-11-9-28(10-22-11)16-7-6-14(23-18(16)29-3)17-25-19(27(2)26-17)24-15-8-12(20)4-5-13(15)21/h4-10H,1-3H3,(H,24,25,26). The summed E-state index contributed by atoms with van der Waals surface area (Å²) in [6.07, 6.45) is 3.56. The maximum Gasteiger partial charge on any atom is 0.238 e. The van der Waals surface area contributed by atoms with Crippen LogP contribution in [0.5, 0.6) is 5.88 Å². The van der Waals surface area contributed by atoms with Gasteiger partial charge in [-0.1, -0.05) is 11.6 Å². The van der Waals surface area contributed by atoms with E-state index < -0.39 is 5.82 Å². The summed E-state index contributed by atoms with van der Waals surface area (Å²) in [5.74, 6) is 0.668. The fourth-order valence-corrected chi connectivity index (χ4v) is 2.94. The number of aryl methyl sites for hydroxylation is 2. The summed E-state index contributed by atoms with van der Waals surface area (Å²) in [5, 5.41) is 7.67. The van der Waals surface area contributed by atoms with Gasteiger partial charge in [0.25, 0.3) is 0 Å². The van der Waals surface area contributed by atoms with Crippen molar-refractivity contribution in [3.8, 4) is 23.1 Å².